The Labute approximate surface area is 110 Å². The zero-order valence-corrected chi connectivity index (χ0v) is 11.3. The molecular formula is C13H17BrFNO. The van der Waals surface area contributed by atoms with Crippen molar-refractivity contribution in [2.75, 3.05) is 13.2 Å². The van der Waals surface area contributed by atoms with E-state index in [-0.39, 0.29) is 5.82 Å². The Morgan fingerprint density at radius 1 is 1.47 bits per heavy atom. The number of ether oxygens (including phenoxy) is 1. The monoisotopic (exact) mass is 301 g/mol. The molecule has 17 heavy (non-hydrogen) atoms. The fourth-order valence-electron chi connectivity index (χ4n) is 2.04. The Kier molecular flexibility index (Phi) is 4.95. The van der Waals surface area contributed by atoms with Gasteiger partial charge in [-0.15, -0.1) is 0 Å². The molecule has 1 aromatic rings. The molecule has 4 heteroatoms. The second kappa shape index (κ2) is 6.47. The van der Waals surface area contributed by atoms with Crippen LogP contribution in [-0.2, 0) is 11.3 Å². The van der Waals surface area contributed by atoms with E-state index < -0.39 is 0 Å². The number of halogens is 2. The zero-order chi connectivity index (χ0) is 12.1. The van der Waals surface area contributed by atoms with E-state index in [1.807, 2.05) is 6.07 Å². The minimum absolute atomic E-state index is 0.205. The van der Waals surface area contributed by atoms with Crippen LogP contribution in [0.4, 0.5) is 4.39 Å². The highest BCUT2D eigenvalue weighted by molar-refractivity contribution is 9.10. The van der Waals surface area contributed by atoms with Crippen molar-refractivity contribution in [2.45, 2.75) is 31.9 Å². The van der Waals surface area contributed by atoms with Gasteiger partial charge in [0, 0.05) is 13.2 Å². The van der Waals surface area contributed by atoms with Crippen molar-refractivity contribution < 1.29 is 9.13 Å². The van der Waals surface area contributed by atoms with Gasteiger partial charge in [0.25, 0.3) is 0 Å². The first-order chi connectivity index (χ1) is 8.27. The molecule has 0 radical (unpaired) electrons. The molecule has 1 fully saturated rings. The lowest BCUT2D eigenvalue weighted by atomic mass is 10.2. The van der Waals surface area contributed by atoms with E-state index in [1.54, 1.807) is 6.07 Å². The lowest BCUT2D eigenvalue weighted by molar-refractivity contribution is 0.104. The van der Waals surface area contributed by atoms with Gasteiger partial charge in [-0.3, -0.25) is 0 Å². The quantitative estimate of drug-likeness (QED) is 0.843. The van der Waals surface area contributed by atoms with Crippen LogP contribution in [0.1, 0.15) is 24.8 Å². The average Bonchev–Trinajstić information content (AvgIpc) is 2.83. The first-order valence-corrected chi connectivity index (χ1v) is 6.82. The van der Waals surface area contributed by atoms with Crippen LogP contribution in [0.25, 0.3) is 0 Å². The summed E-state index contributed by atoms with van der Waals surface area (Å²) in [6.07, 6.45) is 3.80. The van der Waals surface area contributed by atoms with Crippen LogP contribution in [0.3, 0.4) is 0 Å². The molecule has 0 bridgehead atoms. The lowest BCUT2D eigenvalue weighted by Crippen LogP contribution is -2.20. The van der Waals surface area contributed by atoms with E-state index in [9.17, 15) is 4.39 Å². The molecule has 1 saturated heterocycles. The van der Waals surface area contributed by atoms with E-state index in [1.165, 1.54) is 18.9 Å². The van der Waals surface area contributed by atoms with Crippen LogP contribution >= 0.6 is 15.9 Å². The molecular weight excluding hydrogens is 285 g/mol. The Bertz CT molecular complexity index is 366. The summed E-state index contributed by atoms with van der Waals surface area (Å²) >= 11 is 3.26. The van der Waals surface area contributed by atoms with Gasteiger partial charge in [0.2, 0.25) is 0 Å². The number of hydrogen-bond donors (Lipinski definition) is 1. The van der Waals surface area contributed by atoms with Crippen molar-refractivity contribution >= 4 is 15.9 Å². The number of benzene rings is 1. The van der Waals surface area contributed by atoms with Crippen LogP contribution < -0.4 is 5.32 Å². The predicted octanol–water partition coefficient (Wildman–Crippen LogP) is 3.25. The zero-order valence-electron chi connectivity index (χ0n) is 9.72. The highest BCUT2D eigenvalue weighted by atomic mass is 79.9. The Hall–Kier alpha value is -0.450. The summed E-state index contributed by atoms with van der Waals surface area (Å²) in [6.45, 7) is 2.50. The largest absolute Gasteiger partial charge is 0.378 e. The number of rotatable bonds is 5. The van der Waals surface area contributed by atoms with Crippen molar-refractivity contribution in [1.29, 1.82) is 0 Å². The minimum atomic E-state index is -0.205. The third-order valence-corrected chi connectivity index (χ3v) is 3.90. The molecule has 1 aliphatic rings. The van der Waals surface area contributed by atoms with Crippen molar-refractivity contribution in [2.24, 2.45) is 0 Å². The van der Waals surface area contributed by atoms with Gasteiger partial charge in [-0.25, -0.2) is 4.39 Å². The summed E-state index contributed by atoms with van der Waals surface area (Å²) in [5.74, 6) is -0.205. The van der Waals surface area contributed by atoms with E-state index in [2.05, 4.69) is 21.2 Å². The van der Waals surface area contributed by atoms with Crippen LogP contribution in [0.2, 0.25) is 0 Å². The van der Waals surface area contributed by atoms with Gasteiger partial charge >= 0.3 is 0 Å². The molecule has 94 valence electrons. The molecule has 0 aliphatic carbocycles. The van der Waals surface area contributed by atoms with Gasteiger partial charge in [-0.05, 0) is 53.4 Å². The van der Waals surface area contributed by atoms with Crippen LogP contribution in [0, 0.1) is 5.82 Å². The maximum Gasteiger partial charge on any atom is 0.137 e. The van der Waals surface area contributed by atoms with Crippen molar-refractivity contribution in [1.82, 2.24) is 5.32 Å². The van der Waals surface area contributed by atoms with Gasteiger partial charge in [0.15, 0.2) is 0 Å². The molecule has 1 atom stereocenters. The third-order valence-electron chi connectivity index (χ3n) is 3.01. The van der Waals surface area contributed by atoms with E-state index in [0.717, 1.165) is 25.1 Å². The average molecular weight is 302 g/mol. The predicted molar refractivity (Wildman–Crippen MR) is 69.4 cm³/mol. The number of nitrogens with one attached hydrogen (secondary N) is 1. The third kappa shape index (κ3) is 3.76. The Balaban J connectivity index is 1.72. The molecule has 1 unspecified atom stereocenters. The van der Waals surface area contributed by atoms with Crippen LogP contribution in [0.15, 0.2) is 22.7 Å². The first kappa shape index (κ1) is 13.0. The maximum absolute atomic E-state index is 13.2. The smallest absolute Gasteiger partial charge is 0.137 e. The SMILES string of the molecule is Fc1cccc(CNCCC2CCCO2)c1Br. The van der Waals surface area contributed by atoms with Gasteiger partial charge < -0.3 is 10.1 Å². The standard InChI is InChI=1S/C13H17BrFNO/c14-13-10(3-1-5-12(13)15)9-16-7-6-11-4-2-8-17-11/h1,3,5,11,16H,2,4,6-9H2. The summed E-state index contributed by atoms with van der Waals surface area (Å²) in [5.41, 5.74) is 0.956. The maximum atomic E-state index is 13.2. The minimum Gasteiger partial charge on any atom is -0.378 e. The van der Waals surface area contributed by atoms with Crippen molar-refractivity contribution in [3.8, 4) is 0 Å². The summed E-state index contributed by atoms with van der Waals surface area (Å²) in [5, 5.41) is 3.32. The second-order valence-electron chi connectivity index (χ2n) is 4.31. The first-order valence-electron chi connectivity index (χ1n) is 6.02. The molecule has 1 N–H and O–H groups in total. The van der Waals surface area contributed by atoms with Gasteiger partial charge in [-0.2, -0.15) is 0 Å². The lowest BCUT2D eigenvalue weighted by Gasteiger charge is -2.11. The molecule has 0 amide bonds. The molecule has 2 nitrogen and oxygen atoms in total. The molecule has 0 aromatic heterocycles. The molecule has 1 aromatic carbocycles. The normalized spacial score (nSPS) is 19.8. The Morgan fingerprint density at radius 3 is 3.12 bits per heavy atom. The van der Waals surface area contributed by atoms with Gasteiger partial charge in [-0.1, -0.05) is 12.1 Å². The molecule has 1 heterocycles. The molecule has 1 aliphatic heterocycles. The van der Waals surface area contributed by atoms with Gasteiger partial charge in [0.1, 0.15) is 5.82 Å². The molecule has 0 spiro atoms. The highest BCUT2D eigenvalue weighted by Crippen LogP contribution is 2.20. The fourth-order valence-corrected chi connectivity index (χ4v) is 2.45. The molecule has 0 saturated carbocycles. The van der Waals surface area contributed by atoms with Crippen LogP contribution in [-0.4, -0.2) is 19.3 Å². The van der Waals surface area contributed by atoms with Crippen molar-refractivity contribution in [3.05, 3.63) is 34.1 Å². The van der Waals surface area contributed by atoms with Gasteiger partial charge in [0.05, 0.1) is 10.6 Å². The number of hydrogen-bond acceptors (Lipinski definition) is 2. The second-order valence-corrected chi connectivity index (χ2v) is 5.11. The Morgan fingerprint density at radius 2 is 2.35 bits per heavy atom. The highest BCUT2D eigenvalue weighted by Gasteiger charge is 2.14. The van der Waals surface area contributed by atoms with Crippen LogP contribution in [0.5, 0.6) is 0 Å². The topological polar surface area (TPSA) is 21.3 Å². The van der Waals surface area contributed by atoms with E-state index >= 15 is 0 Å². The summed E-state index contributed by atoms with van der Waals surface area (Å²) in [6, 6.07) is 5.11. The fraction of sp³-hybridized carbons (Fsp3) is 0.538. The van der Waals surface area contributed by atoms with Crippen molar-refractivity contribution in [3.63, 3.8) is 0 Å². The molecule has 2 rings (SSSR count). The summed E-state index contributed by atoms with van der Waals surface area (Å²) < 4.78 is 19.3. The summed E-state index contributed by atoms with van der Waals surface area (Å²) in [4.78, 5) is 0. The summed E-state index contributed by atoms with van der Waals surface area (Å²) in [7, 11) is 0. The van der Waals surface area contributed by atoms with E-state index in [4.69, 9.17) is 4.74 Å². The van der Waals surface area contributed by atoms with E-state index in [0.29, 0.717) is 17.1 Å².